The topological polar surface area (TPSA) is 70.9 Å². The normalized spacial score (nSPS) is 17.2. The Morgan fingerprint density at radius 2 is 2.08 bits per heavy atom. The Balaban J connectivity index is 1.87. The van der Waals surface area contributed by atoms with Crippen LogP contribution in [0.1, 0.15) is 5.56 Å². The van der Waals surface area contributed by atoms with Crippen LogP contribution in [0.15, 0.2) is 46.3 Å². The molecule has 0 aliphatic carbocycles. The van der Waals surface area contributed by atoms with Gasteiger partial charge >= 0.3 is 0 Å². The second-order valence-electron chi connectivity index (χ2n) is 4.99. The quantitative estimate of drug-likeness (QED) is 0.746. The third-order valence-corrected chi connectivity index (χ3v) is 5.02. The largest absolute Gasteiger partial charge is 0.504 e. The number of ether oxygens (including phenoxy) is 1. The molecule has 3 rings (SSSR count). The molecule has 0 aromatic heterocycles. The van der Waals surface area contributed by atoms with Crippen molar-refractivity contribution in [3.63, 3.8) is 0 Å². The Kier molecular flexibility index (Phi) is 5.22. The number of rotatable bonds is 3. The molecule has 128 valence electrons. The van der Waals surface area contributed by atoms with Crippen LogP contribution in [0.5, 0.6) is 11.5 Å². The van der Waals surface area contributed by atoms with Crippen molar-refractivity contribution in [2.24, 2.45) is 4.99 Å². The fourth-order valence-electron chi connectivity index (χ4n) is 2.10. The van der Waals surface area contributed by atoms with Gasteiger partial charge in [0.15, 0.2) is 16.7 Å². The summed E-state index contributed by atoms with van der Waals surface area (Å²) in [7, 11) is 1.46. The van der Waals surface area contributed by atoms with Crippen LogP contribution >= 0.6 is 35.0 Å². The van der Waals surface area contributed by atoms with Gasteiger partial charge in [0.25, 0.3) is 5.91 Å². The number of carbonyl (C=O) groups excluding carboxylic acids is 1. The van der Waals surface area contributed by atoms with Crippen molar-refractivity contribution < 1.29 is 14.6 Å². The summed E-state index contributed by atoms with van der Waals surface area (Å²) in [5, 5.41) is 13.4. The maximum Gasteiger partial charge on any atom is 0.264 e. The van der Waals surface area contributed by atoms with E-state index in [2.05, 4.69) is 10.3 Å². The van der Waals surface area contributed by atoms with E-state index in [0.717, 1.165) is 0 Å². The molecule has 0 spiro atoms. The molecule has 5 nitrogen and oxygen atoms in total. The number of benzene rings is 2. The monoisotopic (exact) mass is 394 g/mol. The van der Waals surface area contributed by atoms with Gasteiger partial charge in [0.1, 0.15) is 0 Å². The van der Waals surface area contributed by atoms with E-state index in [-0.39, 0.29) is 11.7 Å². The van der Waals surface area contributed by atoms with E-state index in [9.17, 15) is 9.90 Å². The number of amides is 1. The van der Waals surface area contributed by atoms with Crippen molar-refractivity contribution in [1.82, 2.24) is 5.32 Å². The molecule has 2 aromatic rings. The number of aliphatic imine (C=N–C) groups is 1. The number of hydrogen-bond donors (Lipinski definition) is 2. The molecular formula is C17H12Cl2N2O3S. The second kappa shape index (κ2) is 7.39. The van der Waals surface area contributed by atoms with Gasteiger partial charge in [-0.3, -0.25) is 4.79 Å². The van der Waals surface area contributed by atoms with Crippen LogP contribution < -0.4 is 10.1 Å². The number of halogens is 2. The van der Waals surface area contributed by atoms with Crippen LogP contribution in [0.3, 0.4) is 0 Å². The van der Waals surface area contributed by atoms with Crippen LogP contribution in [0, 0.1) is 0 Å². The zero-order chi connectivity index (χ0) is 18.0. The van der Waals surface area contributed by atoms with Crippen molar-refractivity contribution in [2.75, 3.05) is 7.11 Å². The molecule has 1 fully saturated rings. The SMILES string of the molecule is COc1cc(/C=C2\SC(=Nc3cccc(Cl)c3Cl)NC2=O)ccc1O. The van der Waals surface area contributed by atoms with Crippen molar-refractivity contribution in [3.8, 4) is 11.5 Å². The highest BCUT2D eigenvalue weighted by Crippen LogP contribution is 2.35. The lowest BCUT2D eigenvalue weighted by Gasteiger charge is -2.04. The van der Waals surface area contributed by atoms with Gasteiger partial charge in [0.05, 0.1) is 27.7 Å². The molecule has 1 amide bonds. The number of amidine groups is 1. The van der Waals surface area contributed by atoms with Crippen LogP contribution in [0.25, 0.3) is 6.08 Å². The van der Waals surface area contributed by atoms with E-state index in [4.69, 9.17) is 27.9 Å². The van der Waals surface area contributed by atoms with Gasteiger partial charge in [-0.15, -0.1) is 0 Å². The summed E-state index contributed by atoms with van der Waals surface area (Å²) in [5.74, 6) is 0.0947. The second-order valence-corrected chi connectivity index (χ2v) is 6.80. The fourth-order valence-corrected chi connectivity index (χ4v) is 3.28. The van der Waals surface area contributed by atoms with Gasteiger partial charge in [0.2, 0.25) is 0 Å². The first-order valence-electron chi connectivity index (χ1n) is 7.08. The molecule has 0 atom stereocenters. The molecule has 0 saturated carbocycles. The first-order chi connectivity index (χ1) is 12.0. The van der Waals surface area contributed by atoms with Crippen molar-refractivity contribution in [2.45, 2.75) is 0 Å². The third kappa shape index (κ3) is 3.92. The number of methoxy groups -OCH3 is 1. The maximum absolute atomic E-state index is 12.1. The standard InChI is InChI=1S/C17H12Cl2N2O3S/c1-24-13-7-9(5-6-12(13)22)8-14-16(23)21-17(25-14)20-11-4-2-3-10(18)15(11)19/h2-8,22H,1H3,(H,20,21,23)/b14-8-. The number of phenols is 1. The minimum absolute atomic E-state index is 0.0334. The number of nitrogens with zero attached hydrogens (tertiary/aromatic N) is 1. The average Bonchev–Trinajstić information content (AvgIpc) is 2.93. The lowest BCUT2D eigenvalue weighted by Crippen LogP contribution is -2.19. The average molecular weight is 395 g/mol. The first-order valence-corrected chi connectivity index (χ1v) is 8.66. The van der Waals surface area contributed by atoms with Gasteiger partial charge in [-0.05, 0) is 47.7 Å². The minimum atomic E-state index is -0.269. The molecule has 8 heteroatoms. The Bertz CT molecular complexity index is 913. The lowest BCUT2D eigenvalue weighted by atomic mass is 10.2. The lowest BCUT2D eigenvalue weighted by molar-refractivity contribution is -0.115. The van der Waals surface area contributed by atoms with Crippen molar-refractivity contribution in [1.29, 1.82) is 0 Å². The van der Waals surface area contributed by atoms with E-state index in [1.54, 1.807) is 36.4 Å². The van der Waals surface area contributed by atoms with Crippen LogP contribution in [0.4, 0.5) is 5.69 Å². The molecule has 2 aromatic carbocycles. The van der Waals surface area contributed by atoms with Gasteiger partial charge in [-0.1, -0.05) is 35.3 Å². The summed E-state index contributed by atoms with van der Waals surface area (Å²) in [6, 6.07) is 9.93. The van der Waals surface area contributed by atoms with E-state index < -0.39 is 0 Å². The highest BCUT2D eigenvalue weighted by molar-refractivity contribution is 8.18. The summed E-state index contributed by atoms with van der Waals surface area (Å²) in [4.78, 5) is 16.9. The van der Waals surface area contributed by atoms with E-state index in [1.165, 1.54) is 24.9 Å². The summed E-state index contributed by atoms with van der Waals surface area (Å²) in [5.41, 5.74) is 1.19. The molecular weight excluding hydrogens is 383 g/mol. The molecule has 0 bridgehead atoms. The molecule has 1 aliphatic heterocycles. The third-order valence-electron chi connectivity index (χ3n) is 3.31. The van der Waals surface area contributed by atoms with Crippen LogP contribution in [-0.4, -0.2) is 23.3 Å². The van der Waals surface area contributed by atoms with Crippen molar-refractivity contribution >= 4 is 57.8 Å². The number of thioether (sulfide) groups is 1. The highest BCUT2D eigenvalue weighted by atomic mass is 35.5. The molecule has 1 saturated heterocycles. The summed E-state index contributed by atoms with van der Waals surface area (Å²) in [6.07, 6.45) is 1.68. The first kappa shape index (κ1) is 17.7. The van der Waals surface area contributed by atoms with E-state index in [1.807, 2.05) is 0 Å². The highest BCUT2D eigenvalue weighted by Gasteiger charge is 2.24. The molecule has 25 heavy (non-hydrogen) atoms. The molecule has 1 aliphatic rings. The zero-order valence-corrected chi connectivity index (χ0v) is 15.2. The fraction of sp³-hybridized carbons (Fsp3) is 0.0588. The number of nitrogens with one attached hydrogen (secondary N) is 1. The van der Waals surface area contributed by atoms with E-state index in [0.29, 0.717) is 37.1 Å². The van der Waals surface area contributed by atoms with Gasteiger partial charge in [0, 0.05) is 0 Å². The van der Waals surface area contributed by atoms with Gasteiger partial charge in [-0.2, -0.15) is 0 Å². The number of aromatic hydroxyl groups is 1. The predicted octanol–water partition coefficient (Wildman–Crippen LogP) is 4.60. The Hall–Kier alpha value is -2.15. The number of phenolic OH excluding ortho intramolecular Hbond substituents is 1. The number of carbonyl (C=O) groups is 1. The smallest absolute Gasteiger partial charge is 0.264 e. The minimum Gasteiger partial charge on any atom is -0.504 e. The molecule has 1 heterocycles. The summed E-state index contributed by atoms with van der Waals surface area (Å²) >= 11 is 13.3. The Morgan fingerprint density at radius 1 is 1.28 bits per heavy atom. The van der Waals surface area contributed by atoms with Crippen LogP contribution in [0.2, 0.25) is 10.0 Å². The van der Waals surface area contributed by atoms with Gasteiger partial charge in [-0.25, -0.2) is 4.99 Å². The Morgan fingerprint density at radius 3 is 2.84 bits per heavy atom. The number of hydrogen-bond acceptors (Lipinski definition) is 5. The molecule has 0 unspecified atom stereocenters. The van der Waals surface area contributed by atoms with Crippen LogP contribution in [-0.2, 0) is 4.79 Å². The maximum atomic E-state index is 12.1. The summed E-state index contributed by atoms with van der Waals surface area (Å²) < 4.78 is 5.06. The predicted molar refractivity (Wildman–Crippen MR) is 102 cm³/mol. The van der Waals surface area contributed by atoms with E-state index >= 15 is 0 Å². The summed E-state index contributed by atoms with van der Waals surface area (Å²) in [6.45, 7) is 0. The Labute approximate surface area is 158 Å². The molecule has 2 N–H and O–H groups in total. The zero-order valence-electron chi connectivity index (χ0n) is 12.9. The molecule has 0 radical (unpaired) electrons. The van der Waals surface area contributed by atoms with Crippen molar-refractivity contribution in [3.05, 3.63) is 56.9 Å². The van der Waals surface area contributed by atoms with Gasteiger partial charge < -0.3 is 15.2 Å².